The van der Waals surface area contributed by atoms with Gasteiger partial charge >= 0.3 is 0 Å². The van der Waals surface area contributed by atoms with E-state index in [1.54, 1.807) is 23.5 Å². The second-order valence-electron chi connectivity index (χ2n) is 6.89. The van der Waals surface area contributed by atoms with Gasteiger partial charge in [-0.05, 0) is 44.0 Å². The predicted octanol–water partition coefficient (Wildman–Crippen LogP) is 4.15. The first-order chi connectivity index (χ1) is 13.9. The number of anilines is 1. The van der Waals surface area contributed by atoms with Gasteiger partial charge in [-0.1, -0.05) is 12.1 Å². The number of thiophene rings is 1. The highest BCUT2D eigenvalue weighted by Gasteiger charge is 2.28. The lowest BCUT2D eigenvalue weighted by atomic mass is 10.1. The summed E-state index contributed by atoms with van der Waals surface area (Å²) in [4.78, 5) is 17.6. The van der Waals surface area contributed by atoms with Crippen molar-refractivity contribution >= 4 is 44.3 Å². The van der Waals surface area contributed by atoms with E-state index in [1.165, 1.54) is 15.6 Å². The molecule has 1 aliphatic rings. The summed E-state index contributed by atoms with van der Waals surface area (Å²) in [7, 11) is -3.43. The maximum atomic E-state index is 12.6. The Bertz CT molecular complexity index is 1110. The molecular formula is C20H21N3O3S3. The zero-order chi connectivity index (χ0) is 20.4. The fourth-order valence-corrected chi connectivity index (χ4v) is 6.88. The number of hydrogen-bond acceptors (Lipinski definition) is 6. The third kappa shape index (κ3) is 4.58. The van der Waals surface area contributed by atoms with Crippen molar-refractivity contribution in [2.75, 3.05) is 18.4 Å². The number of nitrogens with zero attached hydrogens (tertiary/aromatic N) is 2. The van der Waals surface area contributed by atoms with E-state index in [2.05, 4.69) is 10.3 Å². The average molecular weight is 448 g/mol. The van der Waals surface area contributed by atoms with Crippen LogP contribution in [0.5, 0.6) is 0 Å². The van der Waals surface area contributed by atoms with Crippen LogP contribution in [-0.2, 0) is 21.2 Å². The van der Waals surface area contributed by atoms with Gasteiger partial charge in [0, 0.05) is 34.6 Å². The van der Waals surface area contributed by atoms with E-state index < -0.39 is 10.0 Å². The first-order valence-electron chi connectivity index (χ1n) is 9.33. The lowest BCUT2D eigenvalue weighted by molar-refractivity contribution is -0.115. The number of sulfonamides is 1. The summed E-state index contributed by atoms with van der Waals surface area (Å²) in [6.07, 6.45) is 1.95. The Morgan fingerprint density at radius 3 is 2.52 bits per heavy atom. The van der Waals surface area contributed by atoms with Crippen LogP contribution in [0, 0.1) is 6.92 Å². The van der Waals surface area contributed by atoms with Crippen molar-refractivity contribution in [3.8, 4) is 11.3 Å². The molecule has 6 nitrogen and oxygen atoms in total. The molecule has 9 heteroatoms. The monoisotopic (exact) mass is 447 g/mol. The molecule has 4 rings (SSSR count). The molecule has 1 fully saturated rings. The molecule has 152 valence electrons. The Morgan fingerprint density at radius 1 is 1.14 bits per heavy atom. The molecule has 1 saturated heterocycles. The van der Waals surface area contributed by atoms with Crippen molar-refractivity contribution in [2.24, 2.45) is 0 Å². The Balaban J connectivity index is 1.38. The van der Waals surface area contributed by atoms with Gasteiger partial charge in [-0.15, -0.1) is 22.7 Å². The maximum Gasteiger partial charge on any atom is 0.252 e. The molecule has 29 heavy (non-hydrogen) atoms. The summed E-state index contributed by atoms with van der Waals surface area (Å²) < 4.78 is 27.0. The van der Waals surface area contributed by atoms with Crippen LogP contribution in [0.2, 0.25) is 0 Å². The highest BCUT2D eigenvalue weighted by molar-refractivity contribution is 7.91. The lowest BCUT2D eigenvalue weighted by Gasteiger charge is -2.13. The second kappa shape index (κ2) is 8.35. The summed E-state index contributed by atoms with van der Waals surface area (Å²) in [5, 5.41) is 5.89. The molecule has 1 N–H and O–H groups in total. The van der Waals surface area contributed by atoms with Crippen LogP contribution in [0.3, 0.4) is 0 Å². The van der Waals surface area contributed by atoms with Gasteiger partial charge in [0.25, 0.3) is 10.0 Å². The Hall–Kier alpha value is -2.07. The van der Waals surface area contributed by atoms with E-state index in [0.717, 1.165) is 34.0 Å². The number of aryl methyl sites for hydroxylation is 1. The summed E-state index contributed by atoms with van der Waals surface area (Å²) in [5.74, 6) is -0.172. The SMILES string of the molecule is Cc1nc(-c2ccc(NC(=O)Cc3ccc(S(=O)(=O)N4CCCC4)s3)cc2)cs1. The number of aromatic nitrogens is 1. The number of nitrogens with one attached hydrogen (secondary N) is 1. The van der Waals surface area contributed by atoms with Crippen molar-refractivity contribution in [3.63, 3.8) is 0 Å². The number of carbonyl (C=O) groups is 1. The van der Waals surface area contributed by atoms with Crippen LogP contribution in [0.4, 0.5) is 5.69 Å². The second-order valence-corrected chi connectivity index (χ2v) is 11.3. The molecule has 1 aliphatic heterocycles. The van der Waals surface area contributed by atoms with Gasteiger partial charge in [0.05, 0.1) is 17.1 Å². The van der Waals surface area contributed by atoms with E-state index in [4.69, 9.17) is 0 Å². The van der Waals surface area contributed by atoms with E-state index in [0.29, 0.717) is 23.0 Å². The Morgan fingerprint density at radius 2 is 1.86 bits per heavy atom. The normalized spacial score (nSPS) is 14.9. The van der Waals surface area contributed by atoms with Crippen LogP contribution in [-0.4, -0.2) is 36.7 Å². The predicted molar refractivity (Wildman–Crippen MR) is 117 cm³/mol. The Labute approximate surface area is 178 Å². The van der Waals surface area contributed by atoms with Crippen LogP contribution in [0.15, 0.2) is 46.0 Å². The molecule has 0 bridgehead atoms. The minimum Gasteiger partial charge on any atom is -0.326 e. The molecule has 0 atom stereocenters. The van der Waals surface area contributed by atoms with Crippen molar-refractivity contribution in [2.45, 2.75) is 30.4 Å². The van der Waals surface area contributed by atoms with Crippen molar-refractivity contribution in [1.29, 1.82) is 0 Å². The van der Waals surface area contributed by atoms with E-state index in [9.17, 15) is 13.2 Å². The molecule has 2 aromatic heterocycles. The number of hydrogen-bond donors (Lipinski definition) is 1. The topological polar surface area (TPSA) is 79.4 Å². The average Bonchev–Trinajstić information content (AvgIpc) is 3.44. The van der Waals surface area contributed by atoms with Gasteiger partial charge < -0.3 is 5.32 Å². The maximum absolute atomic E-state index is 12.6. The van der Waals surface area contributed by atoms with Crippen LogP contribution in [0.1, 0.15) is 22.7 Å². The largest absolute Gasteiger partial charge is 0.326 e. The molecule has 0 radical (unpaired) electrons. The number of carbonyl (C=O) groups excluding carboxylic acids is 1. The highest BCUT2D eigenvalue weighted by atomic mass is 32.2. The summed E-state index contributed by atoms with van der Waals surface area (Å²) in [6, 6.07) is 10.9. The van der Waals surface area contributed by atoms with Gasteiger partial charge in [0.1, 0.15) is 4.21 Å². The standard InChI is InChI=1S/C20H21N3O3S3/c1-14-21-18(13-27-14)15-4-6-16(7-5-15)22-19(24)12-17-8-9-20(28-17)29(25,26)23-10-2-3-11-23/h4-9,13H,2-3,10-12H2,1H3,(H,22,24). The van der Waals surface area contributed by atoms with Gasteiger partial charge in [-0.2, -0.15) is 4.31 Å². The zero-order valence-electron chi connectivity index (χ0n) is 15.9. The fraction of sp³-hybridized carbons (Fsp3) is 0.300. The third-order valence-corrected chi connectivity index (χ3v) is 8.94. The molecular weight excluding hydrogens is 426 g/mol. The van der Waals surface area contributed by atoms with Gasteiger partial charge in [0.15, 0.2) is 0 Å². The van der Waals surface area contributed by atoms with E-state index >= 15 is 0 Å². The smallest absolute Gasteiger partial charge is 0.252 e. The zero-order valence-corrected chi connectivity index (χ0v) is 18.4. The molecule has 0 spiro atoms. The molecule has 3 heterocycles. The quantitative estimate of drug-likeness (QED) is 0.616. The van der Waals surface area contributed by atoms with Crippen molar-refractivity contribution in [3.05, 3.63) is 51.7 Å². The van der Waals surface area contributed by atoms with Crippen molar-refractivity contribution in [1.82, 2.24) is 9.29 Å². The van der Waals surface area contributed by atoms with E-state index in [1.807, 2.05) is 36.6 Å². The molecule has 0 saturated carbocycles. The molecule has 1 aromatic carbocycles. The first-order valence-corrected chi connectivity index (χ1v) is 12.5. The number of amides is 1. The van der Waals surface area contributed by atoms with Crippen molar-refractivity contribution < 1.29 is 13.2 Å². The first kappa shape index (κ1) is 20.2. The summed E-state index contributed by atoms with van der Waals surface area (Å²) in [6.45, 7) is 3.12. The minimum atomic E-state index is -3.43. The molecule has 0 unspecified atom stereocenters. The number of rotatable bonds is 6. The van der Waals surface area contributed by atoms with Crippen LogP contribution < -0.4 is 5.32 Å². The Kier molecular flexibility index (Phi) is 5.82. The highest BCUT2D eigenvalue weighted by Crippen LogP contribution is 2.28. The minimum absolute atomic E-state index is 0.146. The van der Waals surface area contributed by atoms with Crippen LogP contribution in [0.25, 0.3) is 11.3 Å². The summed E-state index contributed by atoms with van der Waals surface area (Å²) in [5.41, 5.74) is 2.63. The van der Waals surface area contributed by atoms with E-state index in [-0.39, 0.29) is 12.3 Å². The van der Waals surface area contributed by atoms with Gasteiger partial charge in [-0.3, -0.25) is 4.79 Å². The van der Waals surface area contributed by atoms with Gasteiger partial charge in [0.2, 0.25) is 5.91 Å². The summed E-state index contributed by atoms with van der Waals surface area (Å²) >= 11 is 2.77. The molecule has 3 aromatic rings. The fourth-order valence-electron chi connectivity index (χ4n) is 3.23. The number of thiazole rings is 1. The number of benzene rings is 1. The molecule has 1 amide bonds. The molecule has 0 aliphatic carbocycles. The lowest BCUT2D eigenvalue weighted by Crippen LogP contribution is -2.27. The van der Waals surface area contributed by atoms with Gasteiger partial charge in [-0.25, -0.2) is 13.4 Å². The third-order valence-electron chi connectivity index (χ3n) is 4.71. The van der Waals surface area contributed by atoms with Crippen LogP contribution >= 0.6 is 22.7 Å².